The van der Waals surface area contributed by atoms with Crippen molar-refractivity contribution in [1.29, 1.82) is 0 Å². The third-order valence-corrected chi connectivity index (χ3v) is 4.72. The highest BCUT2D eigenvalue weighted by Gasteiger charge is 2.58. The van der Waals surface area contributed by atoms with E-state index < -0.39 is 0 Å². The van der Waals surface area contributed by atoms with Crippen molar-refractivity contribution >= 4 is 22.6 Å². The lowest BCUT2D eigenvalue weighted by Crippen LogP contribution is -2.60. The molecule has 0 saturated heterocycles. The maximum Gasteiger partial charge on any atom is 0.0149 e. The number of fused-ring (bicyclic) bond motifs is 1. The van der Waals surface area contributed by atoms with Gasteiger partial charge in [-0.3, -0.25) is 0 Å². The number of alkyl halides is 1. The topological polar surface area (TPSA) is 3.24 Å². The molecule has 0 aromatic rings. The lowest BCUT2D eigenvalue weighted by molar-refractivity contribution is -0.0762. The van der Waals surface area contributed by atoms with Gasteiger partial charge in [0.25, 0.3) is 0 Å². The molecule has 0 radical (unpaired) electrons. The zero-order valence-electron chi connectivity index (χ0n) is 7.31. The van der Waals surface area contributed by atoms with Gasteiger partial charge < -0.3 is 4.90 Å². The van der Waals surface area contributed by atoms with Crippen LogP contribution >= 0.6 is 22.6 Å². The van der Waals surface area contributed by atoms with E-state index >= 15 is 0 Å². The van der Waals surface area contributed by atoms with Gasteiger partial charge in [0.05, 0.1) is 0 Å². The Morgan fingerprint density at radius 3 is 2.55 bits per heavy atom. The first-order valence-corrected chi connectivity index (χ1v) is 5.67. The van der Waals surface area contributed by atoms with E-state index in [1.807, 2.05) is 0 Å². The highest BCUT2D eigenvalue weighted by atomic mass is 127. The smallest absolute Gasteiger partial charge is 0.0149 e. The first-order chi connectivity index (χ1) is 5.14. The summed E-state index contributed by atoms with van der Waals surface area (Å²) in [5, 5.41) is 0. The molecule has 0 spiro atoms. The molecule has 2 rings (SSSR count). The molecule has 2 saturated carbocycles. The molecule has 0 aliphatic heterocycles. The van der Waals surface area contributed by atoms with Crippen LogP contribution in [0.25, 0.3) is 0 Å². The van der Waals surface area contributed by atoms with Gasteiger partial charge in [0.15, 0.2) is 0 Å². The van der Waals surface area contributed by atoms with Crippen molar-refractivity contribution in [3.63, 3.8) is 0 Å². The maximum absolute atomic E-state index is 2.62. The Hall–Kier alpha value is 0.690. The first-order valence-electron chi connectivity index (χ1n) is 4.43. The van der Waals surface area contributed by atoms with E-state index in [2.05, 4.69) is 41.6 Å². The van der Waals surface area contributed by atoms with Crippen molar-refractivity contribution in [2.75, 3.05) is 20.6 Å². The van der Waals surface area contributed by atoms with Crippen LogP contribution in [0.5, 0.6) is 0 Å². The molecule has 3 atom stereocenters. The van der Waals surface area contributed by atoms with Gasteiger partial charge in [0.2, 0.25) is 0 Å². The molecule has 1 nitrogen and oxygen atoms in total. The lowest BCUT2D eigenvalue weighted by Gasteiger charge is -2.62. The van der Waals surface area contributed by atoms with E-state index in [1.54, 1.807) is 0 Å². The highest BCUT2D eigenvalue weighted by molar-refractivity contribution is 14.1. The number of hydrogen-bond donors (Lipinski definition) is 0. The summed E-state index contributed by atoms with van der Waals surface area (Å²) in [6.07, 6.45) is 4.48. The predicted molar refractivity (Wildman–Crippen MR) is 56.1 cm³/mol. The van der Waals surface area contributed by atoms with Gasteiger partial charge in [-0.05, 0) is 44.7 Å². The number of hydrogen-bond acceptors (Lipinski definition) is 1. The number of rotatable bonds is 2. The van der Waals surface area contributed by atoms with Crippen molar-refractivity contribution in [3.8, 4) is 0 Å². The standard InChI is InChI=1S/C9H16IN/c1-11(2)6-9-4-3-7(9)8(10)5-9/h7-8H,3-6H2,1-2H3. The molecule has 0 heterocycles. The van der Waals surface area contributed by atoms with Crippen LogP contribution in [0.2, 0.25) is 0 Å². The molecule has 3 unspecified atom stereocenters. The van der Waals surface area contributed by atoms with E-state index in [-0.39, 0.29) is 0 Å². The molecule has 2 fully saturated rings. The first kappa shape index (κ1) is 8.30. The molecular weight excluding hydrogens is 249 g/mol. The van der Waals surface area contributed by atoms with E-state index in [0.29, 0.717) is 0 Å². The third kappa shape index (κ3) is 1.13. The predicted octanol–water partition coefficient (Wildman–Crippen LogP) is 2.15. The molecule has 0 bridgehead atoms. The monoisotopic (exact) mass is 265 g/mol. The molecule has 0 N–H and O–H groups in total. The summed E-state index contributed by atoms with van der Waals surface area (Å²) in [5.41, 5.74) is 0.773. The van der Waals surface area contributed by atoms with Crippen LogP contribution < -0.4 is 0 Å². The van der Waals surface area contributed by atoms with Crippen molar-refractivity contribution in [2.45, 2.75) is 23.2 Å². The summed E-state index contributed by atoms with van der Waals surface area (Å²) in [7, 11) is 4.40. The normalized spacial score (nSPS) is 48.0. The van der Waals surface area contributed by atoms with Gasteiger partial charge in [-0.15, -0.1) is 0 Å². The van der Waals surface area contributed by atoms with Crippen molar-refractivity contribution < 1.29 is 0 Å². The zero-order valence-corrected chi connectivity index (χ0v) is 9.47. The van der Waals surface area contributed by atoms with Gasteiger partial charge >= 0.3 is 0 Å². The summed E-state index contributed by atoms with van der Waals surface area (Å²) in [6.45, 7) is 1.33. The third-order valence-electron chi connectivity index (χ3n) is 3.41. The van der Waals surface area contributed by atoms with Crippen LogP contribution in [0.1, 0.15) is 19.3 Å². The SMILES string of the molecule is CN(C)CC12CCC1C(I)C2. The fraction of sp³-hybridized carbons (Fsp3) is 1.00. The van der Waals surface area contributed by atoms with Gasteiger partial charge in [0.1, 0.15) is 0 Å². The van der Waals surface area contributed by atoms with Gasteiger partial charge in [-0.2, -0.15) is 0 Å². The lowest BCUT2D eigenvalue weighted by atomic mass is 9.47. The van der Waals surface area contributed by atoms with Crippen LogP contribution in [0, 0.1) is 11.3 Å². The van der Waals surface area contributed by atoms with Crippen LogP contribution in [-0.2, 0) is 0 Å². The summed E-state index contributed by atoms with van der Waals surface area (Å²) in [5.74, 6) is 1.07. The van der Waals surface area contributed by atoms with Crippen molar-refractivity contribution in [2.24, 2.45) is 11.3 Å². The summed E-state index contributed by atoms with van der Waals surface area (Å²) in [4.78, 5) is 2.36. The van der Waals surface area contributed by atoms with Crippen LogP contribution in [0.4, 0.5) is 0 Å². The minimum Gasteiger partial charge on any atom is -0.309 e. The second-order valence-electron chi connectivity index (χ2n) is 4.47. The van der Waals surface area contributed by atoms with Crippen LogP contribution in [0.3, 0.4) is 0 Å². The fourth-order valence-corrected chi connectivity index (χ4v) is 4.80. The molecule has 2 heteroatoms. The Morgan fingerprint density at radius 1 is 1.55 bits per heavy atom. The number of halogens is 1. The molecule has 0 aromatic carbocycles. The number of nitrogens with zero attached hydrogens (tertiary/aromatic N) is 1. The van der Waals surface area contributed by atoms with Gasteiger partial charge in [-0.25, -0.2) is 0 Å². The molecule has 0 aromatic heterocycles. The quantitative estimate of drug-likeness (QED) is 0.546. The largest absolute Gasteiger partial charge is 0.309 e. The molecule has 11 heavy (non-hydrogen) atoms. The van der Waals surface area contributed by atoms with E-state index in [0.717, 1.165) is 15.3 Å². The van der Waals surface area contributed by atoms with E-state index in [9.17, 15) is 0 Å². The fourth-order valence-electron chi connectivity index (χ4n) is 2.80. The Bertz CT molecular complexity index is 169. The van der Waals surface area contributed by atoms with E-state index in [1.165, 1.54) is 25.8 Å². The second-order valence-corrected chi connectivity index (χ2v) is 6.07. The van der Waals surface area contributed by atoms with Gasteiger partial charge in [0, 0.05) is 10.5 Å². The molecule has 2 aliphatic carbocycles. The molecule has 2 aliphatic rings. The minimum atomic E-state index is 0.773. The summed E-state index contributed by atoms with van der Waals surface area (Å²) < 4.78 is 1.00. The Labute approximate surface area is 82.7 Å². The van der Waals surface area contributed by atoms with Crippen molar-refractivity contribution in [1.82, 2.24) is 4.90 Å². The highest BCUT2D eigenvalue weighted by Crippen LogP contribution is 2.63. The molecule has 0 amide bonds. The van der Waals surface area contributed by atoms with Crippen LogP contribution in [-0.4, -0.2) is 29.5 Å². The van der Waals surface area contributed by atoms with Crippen molar-refractivity contribution in [3.05, 3.63) is 0 Å². The average molecular weight is 265 g/mol. The molecule has 64 valence electrons. The second kappa shape index (κ2) is 2.59. The summed E-state index contributed by atoms with van der Waals surface area (Å²) in [6, 6.07) is 0. The summed E-state index contributed by atoms with van der Waals surface area (Å²) >= 11 is 2.62. The zero-order chi connectivity index (χ0) is 8.06. The van der Waals surface area contributed by atoms with E-state index in [4.69, 9.17) is 0 Å². The van der Waals surface area contributed by atoms with Crippen LogP contribution in [0.15, 0.2) is 0 Å². The Morgan fingerprint density at radius 2 is 2.27 bits per heavy atom. The maximum atomic E-state index is 2.62. The Balaban J connectivity index is 1.93. The minimum absolute atomic E-state index is 0.773. The van der Waals surface area contributed by atoms with Gasteiger partial charge in [-0.1, -0.05) is 22.6 Å². The Kier molecular flexibility index (Phi) is 1.95. The molecular formula is C9H16IN. The average Bonchev–Trinajstić information content (AvgIpc) is 1.83.